The van der Waals surface area contributed by atoms with Crippen molar-refractivity contribution in [1.29, 1.82) is 0 Å². The topological polar surface area (TPSA) is 142 Å². The predicted molar refractivity (Wildman–Crippen MR) is 130 cm³/mol. The van der Waals surface area contributed by atoms with E-state index in [1.54, 1.807) is 0 Å². The lowest BCUT2D eigenvalue weighted by Gasteiger charge is -2.08. The van der Waals surface area contributed by atoms with Gasteiger partial charge in [-0.3, -0.25) is 0 Å². The van der Waals surface area contributed by atoms with E-state index >= 15 is 0 Å². The van der Waals surface area contributed by atoms with Crippen molar-refractivity contribution in [2.75, 3.05) is 40.0 Å². The highest BCUT2D eigenvalue weighted by Crippen LogP contribution is 2.25. The molecule has 0 rings (SSSR count). The van der Waals surface area contributed by atoms with Crippen LogP contribution in [0.15, 0.2) is 0 Å². The van der Waals surface area contributed by atoms with E-state index in [-0.39, 0.29) is 0 Å². The minimum absolute atomic E-state index is 0.726. The molecule has 0 aliphatic rings. The lowest BCUT2D eigenvalue weighted by molar-refractivity contribution is -0.280. The summed E-state index contributed by atoms with van der Waals surface area (Å²) < 4.78 is 125. The molecule has 0 atom stereocenters. The van der Waals surface area contributed by atoms with E-state index in [0.29, 0.717) is 0 Å². The van der Waals surface area contributed by atoms with Crippen molar-refractivity contribution >= 4 is 50.8 Å². The van der Waals surface area contributed by atoms with E-state index in [1.165, 1.54) is 0 Å². The van der Waals surface area contributed by atoms with Crippen LogP contribution in [0.1, 0.15) is 0 Å². The average Bonchev–Trinajstić information content (AvgIpc) is 2.25. The quantitative estimate of drug-likeness (QED) is 0.158. The van der Waals surface area contributed by atoms with Gasteiger partial charge in [-0.1, -0.05) is 0 Å². The van der Waals surface area contributed by atoms with Crippen molar-refractivity contribution in [2.45, 2.75) is 50.3 Å². The van der Waals surface area contributed by atoms with E-state index in [1.807, 2.05) is 0 Å². The smallest absolute Gasteiger partial charge is 0.485 e. The third kappa shape index (κ3) is 34.5. The molecular weight excluding hydrogens is 588 g/mol. The summed E-state index contributed by atoms with van der Waals surface area (Å²) in [6.45, 7) is 28.0. The molecule has 0 aromatic carbocycles. The Kier molecular flexibility index (Phi) is 16.7. The first kappa shape index (κ1) is 41.4. The van der Waals surface area contributed by atoms with Gasteiger partial charge in [0, 0.05) is 40.0 Å². The van der Waals surface area contributed by atoms with Gasteiger partial charge in [0.2, 0.25) is 0 Å². The van der Waals surface area contributed by atoms with Gasteiger partial charge < -0.3 is 17.9 Å². The van der Waals surface area contributed by atoms with Crippen LogP contribution in [-0.4, -0.2) is 93.4 Å². The molecule has 0 aliphatic heterocycles. The molecule has 212 valence electrons. The second-order valence-electron chi connectivity index (χ2n) is 10.5. The van der Waals surface area contributed by atoms with Crippen LogP contribution in [-0.2, 0) is 20.2 Å². The van der Waals surface area contributed by atoms with Crippen LogP contribution in [0.3, 0.4) is 0 Å². The molecule has 0 heterocycles. The molecular formula is C14H38F6N2O6P2S2Si2. The van der Waals surface area contributed by atoms with E-state index in [4.69, 9.17) is 25.9 Å². The first-order valence-corrected chi connectivity index (χ1v) is 25.3. The fraction of sp³-hybridized carbons (Fsp3) is 1.00. The second kappa shape index (κ2) is 13.7. The molecule has 0 radical (unpaired) electrons. The Morgan fingerprint density at radius 3 is 0.676 bits per heavy atom. The lowest BCUT2D eigenvalue weighted by atomic mass is 11.6. The summed E-state index contributed by atoms with van der Waals surface area (Å²) in [7, 11) is -15.6. The Bertz CT molecular complexity index is 849. The van der Waals surface area contributed by atoms with Crippen LogP contribution in [0.4, 0.5) is 26.3 Å². The molecule has 0 bridgehead atoms. The zero-order valence-electron chi connectivity index (χ0n) is 21.4. The molecule has 34 heavy (non-hydrogen) atoms. The lowest BCUT2D eigenvalue weighted by Crippen LogP contribution is -2.83. The Labute approximate surface area is 202 Å². The molecule has 20 heteroatoms. The van der Waals surface area contributed by atoms with Crippen LogP contribution < -0.4 is 8.82 Å². The highest BCUT2D eigenvalue weighted by molar-refractivity contribution is 7.86. The molecule has 0 aromatic rings. The zero-order chi connectivity index (χ0) is 29.4. The summed E-state index contributed by atoms with van der Waals surface area (Å²) in [6, 6.07) is 0. The van der Waals surface area contributed by atoms with Gasteiger partial charge in [-0.2, -0.15) is 26.3 Å². The van der Waals surface area contributed by atoms with E-state index in [9.17, 15) is 26.3 Å². The summed E-state index contributed by atoms with van der Waals surface area (Å²) >= 11 is 0. The van der Waals surface area contributed by atoms with Crippen molar-refractivity contribution < 1.29 is 61.1 Å². The van der Waals surface area contributed by atoms with Crippen molar-refractivity contribution in [2.24, 2.45) is 0 Å². The molecule has 0 saturated heterocycles. The van der Waals surface area contributed by atoms with Gasteiger partial charge in [0.05, 0.1) is 14.1 Å². The van der Waals surface area contributed by atoms with Crippen molar-refractivity contribution in [3.05, 3.63) is 0 Å². The maximum Gasteiger partial charge on any atom is 0.485 e. The number of halogens is 6. The highest BCUT2D eigenvalue weighted by atomic mass is 32.2. The molecule has 0 aliphatic carbocycles. The van der Waals surface area contributed by atoms with Gasteiger partial charge in [-0.05, 0) is 39.3 Å². The highest BCUT2D eigenvalue weighted by Gasteiger charge is 2.37. The van der Waals surface area contributed by atoms with Gasteiger partial charge in [-0.15, -0.1) is 0 Å². The number of hydrogen-bond acceptors (Lipinski definition) is 6. The molecule has 0 aromatic heterocycles. The van der Waals surface area contributed by atoms with Crippen LogP contribution in [0.2, 0.25) is 39.3 Å². The summed E-state index contributed by atoms with van der Waals surface area (Å²) in [5, 5.41) is 0. The van der Waals surface area contributed by atoms with Crippen LogP contribution in [0.5, 0.6) is 0 Å². The fourth-order valence-electron chi connectivity index (χ4n) is 2.01. The average molecular weight is 627 g/mol. The molecule has 0 amide bonds. The Morgan fingerprint density at radius 1 is 0.559 bits per heavy atom. The normalized spacial score (nSPS) is 13.8. The van der Waals surface area contributed by atoms with Gasteiger partial charge in [0.25, 0.3) is 0 Å². The Hall–Kier alpha value is 0.294. The van der Waals surface area contributed by atoms with Crippen molar-refractivity contribution in [1.82, 2.24) is 0 Å². The van der Waals surface area contributed by atoms with E-state index < -0.39 is 61.8 Å². The first-order chi connectivity index (χ1) is 13.9. The molecule has 8 nitrogen and oxygen atoms in total. The number of nitrogens with one attached hydrogen (secondary N) is 2. The number of alkyl halides is 6. The largest absolute Gasteiger partial charge is 0.741 e. The third-order valence-corrected chi connectivity index (χ3v) is 13.8. The van der Waals surface area contributed by atoms with Gasteiger partial charge in [0.1, 0.15) is 0 Å². The Balaban J connectivity index is -0.000000177. The summed E-state index contributed by atoms with van der Waals surface area (Å²) in [6.07, 6.45) is 0. The molecule has 2 N–H and O–H groups in total. The Morgan fingerprint density at radius 2 is 0.676 bits per heavy atom. The predicted octanol–water partition coefficient (Wildman–Crippen LogP) is 2.09. The third-order valence-electron chi connectivity index (χ3n) is 1.91. The standard InChI is InChI=1S/2C6H18NPSi.2CHF3O3S/c2*1-8(2,3)7-9(4,5)6;2*2-1(3,4)8(5,6)7/h2*1-6H3;2*(H,5,6,7). The SMILES string of the molecule is C[Si](C)(C)[NH+]=P(C)(C)C.C[Si](C)(C)[NH+]=P(C)(C)C.O=S(=O)([O-])C(F)(F)F.O=S(=O)([O-])C(F)(F)F. The minimum Gasteiger partial charge on any atom is -0.741 e. The van der Waals surface area contributed by atoms with Crippen molar-refractivity contribution in [3.8, 4) is 0 Å². The van der Waals surface area contributed by atoms with Crippen LogP contribution in [0.25, 0.3) is 0 Å². The summed E-state index contributed by atoms with van der Waals surface area (Å²) in [4.78, 5) is 0. The maximum absolute atomic E-state index is 10.7. The number of rotatable bonds is 2. The van der Waals surface area contributed by atoms with Crippen LogP contribution >= 0.6 is 14.1 Å². The maximum atomic E-state index is 10.7. The molecule has 0 saturated carbocycles. The monoisotopic (exact) mass is 626 g/mol. The minimum atomic E-state index is -6.09. The summed E-state index contributed by atoms with van der Waals surface area (Å²) in [5.41, 5.74) is -11.3. The van der Waals surface area contributed by atoms with E-state index in [0.717, 1.165) is 0 Å². The first-order valence-electron chi connectivity index (χ1n) is 9.17. The van der Waals surface area contributed by atoms with Crippen molar-refractivity contribution in [3.63, 3.8) is 0 Å². The zero-order valence-corrected chi connectivity index (χ0v) is 26.9. The second-order valence-corrected chi connectivity index (χ2v) is 32.1. The molecule has 0 unspecified atom stereocenters. The molecule has 0 spiro atoms. The summed E-state index contributed by atoms with van der Waals surface area (Å²) in [5.74, 6) is 0. The van der Waals surface area contributed by atoms with Crippen LogP contribution in [0, 0.1) is 0 Å². The van der Waals surface area contributed by atoms with Gasteiger partial charge >= 0.3 is 27.5 Å². The van der Waals surface area contributed by atoms with Gasteiger partial charge in [0.15, 0.2) is 20.2 Å². The van der Waals surface area contributed by atoms with Gasteiger partial charge in [-0.25, -0.2) is 16.8 Å². The van der Waals surface area contributed by atoms with E-state index in [2.05, 4.69) is 88.1 Å². The fourth-order valence-corrected chi connectivity index (χ4v) is 18.1. The number of hydrogen-bond donors (Lipinski definition) is 2. The molecule has 0 fully saturated rings.